The predicted molar refractivity (Wildman–Crippen MR) is 191 cm³/mol. The molecule has 258 valence electrons. The zero-order valence-corrected chi connectivity index (χ0v) is 28.2. The van der Waals surface area contributed by atoms with Crippen LogP contribution < -0.4 is 14.8 Å². The van der Waals surface area contributed by atoms with E-state index in [1.54, 1.807) is 24.3 Å². The second-order valence-electron chi connectivity index (χ2n) is 12.4. The van der Waals surface area contributed by atoms with Crippen molar-refractivity contribution in [3.05, 3.63) is 125 Å². The highest BCUT2D eigenvalue weighted by Gasteiger charge is 2.39. The Kier molecular flexibility index (Phi) is 11.3. The second kappa shape index (κ2) is 16.3. The average Bonchev–Trinajstić information content (AvgIpc) is 3.45. The van der Waals surface area contributed by atoms with Gasteiger partial charge in [-0.2, -0.15) is 0 Å². The number of carbonyl (C=O) groups excluding carboxylic acids is 3. The van der Waals surface area contributed by atoms with Crippen molar-refractivity contribution in [2.45, 2.75) is 51.6 Å². The molecule has 0 spiro atoms. The molecule has 2 aliphatic rings. The number of imide groups is 1. The third-order valence-corrected chi connectivity index (χ3v) is 8.98. The maximum Gasteiger partial charge on any atom is 0.255 e. The van der Waals surface area contributed by atoms with Crippen molar-refractivity contribution in [1.82, 2.24) is 10.2 Å². The fourth-order valence-electron chi connectivity index (χ4n) is 6.47. The van der Waals surface area contributed by atoms with Gasteiger partial charge in [0.05, 0.1) is 13.2 Å². The van der Waals surface area contributed by atoms with E-state index in [0.29, 0.717) is 57.1 Å². The highest BCUT2D eigenvalue weighted by Crippen LogP contribution is 2.36. The Labute approximate surface area is 292 Å². The number of aromatic hydroxyl groups is 1. The summed E-state index contributed by atoms with van der Waals surface area (Å²) in [4.78, 5) is 38.2. The molecule has 50 heavy (non-hydrogen) atoms. The van der Waals surface area contributed by atoms with Gasteiger partial charge in [0.2, 0.25) is 11.8 Å². The smallest absolute Gasteiger partial charge is 0.255 e. The van der Waals surface area contributed by atoms with E-state index >= 15 is 0 Å². The van der Waals surface area contributed by atoms with Crippen LogP contribution in [0.15, 0.2) is 97.1 Å². The lowest BCUT2D eigenvalue weighted by Crippen LogP contribution is -2.52. The van der Waals surface area contributed by atoms with Gasteiger partial charge >= 0.3 is 0 Å². The number of allylic oxidation sites excluding steroid dienone is 1. The Balaban J connectivity index is 0.923. The summed E-state index contributed by atoms with van der Waals surface area (Å²) in [6, 6.07) is 30.6. The largest absolute Gasteiger partial charge is 0.508 e. The maximum atomic E-state index is 12.9. The minimum absolute atomic E-state index is 0.197. The number of fused-ring (bicyclic) bond motifs is 1. The predicted octanol–water partition coefficient (Wildman–Crippen LogP) is 6.78. The number of carbonyl (C=O) groups is 3. The van der Waals surface area contributed by atoms with Crippen LogP contribution in [-0.2, 0) is 20.9 Å². The molecule has 4 aromatic carbocycles. The van der Waals surface area contributed by atoms with E-state index in [1.807, 2.05) is 36.4 Å². The number of nitrogens with one attached hydrogen (secondary N) is 1. The second-order valence-corrected chi connectivity index (χ2v) is 12.4. The Bertz CT molecular complexity index is 1840. The molecule has 9 heteroatoms. The molecule has 0 radical (unpaired) electrons. The fourth-order valence-corrected chi connectivity index (χ4v) is 6.47. The lowest BCUT2D eigenvalue weighted by Gasteiger charge is -2.29. The first-order chi connectivity index (χ1) is 24.4. The third kappa shape index (κ3) is 8.23. The number of piperidine rings is 1. The fraction of sp³-hybridized carbons (Fsp3) is 0.293. The van der Waals surface area contributed by atoms with E-state index in [0.717, 1.165) is 40.9 Å². The van der Waals surface area contributed by atoms with Crippen molar-refractivity contribution in [2.24, 2.45) is 0 Å². The minimum atomic E-state index is -0.632. The number of ether oxygens (including phenoxy) is 3. The van der Waals surface area contributed by atoms with Gasteiger partial charge in [-0.15, -0.1) is 0 Å². The molecule has 0 aliphatic carbocycles. The maximum absolute atomic E-state index is 12.9. The van der Waals surface area contributed by atoms with Gasteiger partial charge in [-0.1, -0.05) is 61.5 Å². The van der Waals surface area contributed by atoms with Crippen LogP contribution in [0.5, 0.6) is 17.2 Å². The molecule has 0 saturated carbocycles. The SMILES string of the molecule is CCC(=C(c1ccc(O)cc1)c1ccc(OCCCOCCCOc2ccc3c(c2)CN(C2CCC(=O)NC2=O)C3=O)cc1)c1ccccc1. The normalized spacial score (nSPS) is 16.1. The summed E-state index contributed by atoms with van der Waals surface area (Å²) in [5.41, 5.74) is 7.04. The number of phenolic OH excluding ortho intramolecular Hbond substituents is 1. The number of nitrogens with zero attached hydrogens (tertiary/aromatic N) is 1. The molecule has 0 aromatic heterocycles. The molecule has 2 N–H and O–H groups in total. The zero-order valence-electron chi connectivity index (χ0n) is 28.2. The van der Waals surface area contributed by atoms with E-state index in [4.69, 9.17) is 14.2 Å². The number of phenols is 1. The summed E-state index contributed by atoms with van der Waals surface area (Å²) in [5, 5.41) is 12.2. The van der Waals surface area contributed by atoms with Gasteiger partial charge in [-0.3, -0.25) is 19.7 Å². The highest BCUT2D eigenvalue weighted by atomic mass is 16.5. The molecule has 1 fully saturated rings. The number of benzene rings is 4. The van der Waals surface area contributed by atoms with Crippen LogP contribution in [0.4, 0.5) is 0 Å². The molecule has 4 aromatic rings. The van der Waals surface area contributed by atoms with Crippen LogP contribution in [-0.4, -0.2) is 60.2 Å². The monoisotopic (exact) mass is 674 g/mol. The summed E-state index contributed by atoms with van der Waals surface area (Å²) in [6.07, 6.45) is 2.88. The lowest BCUT2D eigenvalue weighted by atomic mass is 9.88. The highest BCUT2D eigenvalue weighted by molar-refractivity contribution is 6.05. The van der Waals surface area contributed by atoms with Crippen molar-refractivity contribution < 1.29 is 33.7 Å². The van der Waals surface area contributed by atoms with Gasteiger partial charge in [0.25, 0.3) is 5.91 Å². The topological polar surface area (TPSA) is 114 Å². The van der Waals surface area contributed by atoms with E-state index in [9.17, 15) is 19.5 Å². The van der Waals surface area contributed by atoms with Crippen molar-refractivity contribution in [1.29, 1.82) is 0 Å². The lowest BCUT2D eigenvalue weighted by molar-refractivity contribution is -0.136. The van der Waals surface area contributed by atoms with Crippen LogP contribution in [0.1, 0.15) is 71.6 Å². The number of amides is 3. The summed E-state index contributed by atoms with van der Waals surface area (Å²) in [7, 11) is 0. The van der Waals surface area contributed by atoms with Gasteiger partial charge in [0.15, 0.2) is 0 Å². The minimum Gasteiger partial charge on any atom is -0.508 e. The van der Waals surface area contributed by atoms with Gasteiger partial charge in [0.1, 0.15) is 23.3 Å². The molecule has 0 bridgehead atoms. The van der Waals surface area contributed by atoms with Crippen molar-refractivity contribution in [3.63, 3.8) is 0 Å². The number of rotatable bonds is 15. The van der Waals surface area contributed by atoms with Gasteiger partial charge in [-0.05, 0) is 88.7 Å². The van der Waals surface area contributed by atoms with Crippen molar-refractivity contribution in [2.75, 3.05) is 26.4 Å². The summed E-state index contributed by atoms with van der Waals surface area (Å²) < 4.78 is 17.7. The van der Waals surface area contributed by atoms with Crippen LogP contribution >= 0.6 is 0 Å². The molecular formula is C41H42N2O7. The first-order valence-electron chi connectivity index (χ1n) is 17.2. The Morgan fingerprint density at radius 2 is 1.42 bits per heavy atom. The first-order valence-corrected chi connectivity index (χ1v) is 17.2. The average molecular weight is 675 g/mol. The van der Waals surface area contributed by atoms with E-state index in [2.05, 4.69) is 48.6 Å². The Morgan fingerprint density at radius 1 is 0.780 bits per heavy atom. The van der Waals surface area contributed by atoms with Crippen molar-refractivity contribution >= 4 is 28.9 Å². The van der Waals surface area contributed by atoms with Crippen LogP contribution in [0.2, 0.25) is 0 Å². The molecule has 1 saturated heterocycles. The molecule has 1 atom stereocenters. The van der Waals surface area contributed by atoms with Crippen molar-refractivity contribution in [3.8, 4) is 17.2 Å². The van der Waals surface area contributed by atoms with Crippen LogP contribution in [0.3, 0.4) is 0 Å². The van der Waals surface area contributed by atoms with E-state index in [1.165, 1.54) is 16.0 Å². The molecule has 2 aliphatic heterocycles. The van der Waals surface area contributed by atoms with E-state index in [-0.39, 0.29) is 24.0 Å². The standard InChI is InChI=1S/C41H42N2O7/c1-2-35(28-8-4-3-5-9-28)39(29-10-14-32(44)15-11-29)30-12-16-33(17-13-30)49-24-6-22-48-23-7-25-50-34-18-19-36-31(26-34)27-43(41(36)47)37-20-21-38(45)42-40(37)46/h3-5,8-19,26,37,44H,2,6-7,20-25,27H2,1H3,(H,42,45,46). The Hall–Kier alpha value is -5.41. The summed E-state index contributed by atoms with van der Waals surface area (Å²) in [5.74, 6) is 0.782. The molecular weight excluding hydrogens is 632 g/mol. The molecule has 2 heterocycles. The number of hydrogen-bond acceptors (Lipinski definition) is 7. The van der Waals surface area contributed by atoms with Gasteiger partial charge < -0.3 is 24.2 Å². The van der Waals surface area contributed by atoms with E-state index < -0.39 is 11.9 Å². The first kappa shape index (κ1) is 34.5. The molecule has 1 unspecified atom stereocenters. The zero-order chi connectivity index (χ0) is 34.9. The quantitative estimate of drug-likeness (QED) is 0.0812. The summed E-state index contributed by atoms with van der Waals surface area (Å²) in [6.45, 7) is 4.60. The molecule has 6 rings (SSSR count). The number of hydrogen-bond donors (Lipinski definition) is 2. The van der Waals surface area contributed by atoms with Gasteiger partial charge in [-0.25, -0.2) is 0 Å². The van der Waals surface area contributed by atoms with Gasteiger partial charge in [0, 0.05) is 44.6 Å². The molecule has 9 nitrogen and oxygen atoms in total. The molecule has 3 amide bonds. The third-order valence-electron chi connectivity index (χ3n) is 8.98. The van der Waals surface area contributed by atoms with Crippen LogP contribution in [0, 0.1) is 0 Å². The van der Waals surface area contributed by atoms with Crippen LogP contribution in [0.25, 0.3) is 11.1 Å². The summed E-state index contributed by atoms with van der Waals surface area (Å²) >= 11 is 0. The Morgan fingerprint density at radius 3 is 2.08 bits per heavy atom.